The molecule has 0 bridgehead atoms. The second-order valence-corrected chi connectivity index (χ2v) is 6.75. The average molecular weight is 418 g/mol. The van der Waals surface area contributed by atoms with Crippen molar-refractivity contribution < 1.29 is 14.5 Å². The molecule has 3 aromatic carbocycles. The van der Waals surface area contributed by atoms with Gasteiger partial charge in [0, 0.05) is 30.7 Å². The topological polar surface area (TPSA) is 105 Å². The Balaban J connectivity index is 1.54. The highest BCUT2D eigenvalue weighted by Crippen LogP contribution is 2.15. The maximum absolute atomic E-state index is 12.5. The van der Waals surface area contributed by atoms with E-state index in [0.29, 0.717) is 12.1 Å². The normalized spacial score (nSPS) is 10.2. The van der Waals surface area contributed by atoms with Crippen molar-refractivity contribution in [2.45, 2.75) is 13.0 Å². The first-order chi connectivity index (χ1) is 15.0. The molecule has 8 heteroatoms. The van der Waals surface area contributed by atoms with E-state index in [1.54, 1.807) is 5.01 Å². The molecule has 0 fully saturated rings. The van der Waals surface area contributed by atoms with Crippen LogP contribution in [-0.2, 0) is 11.3 Å². The summed E-state index contributed by atoms with van der Waals surface area (Å²) in [5, 5.41) is 15.1. The van der Waals surface area contributed by atoms with Gasteiger partial charge in [0.1, 0.15) is 0 Å². The Bertz CT molecular complexity index is 1020. The van der Waals surface area contributed by atoms with Crippen LogP contribution >= 0.6 is 0 Å². The maximum Gasteiger partial charge on any atom is 0.269 e. The maximum atomic E-state index is 12.5. The van der Waals surface area contributed by atoms with E-state index in [2.05, 4.69) is 10.7 Å². The first kappa shape index (κ1) is 21.5. The second-order valence-electron chi connectivity index (χ2n) is 6.75. The Morgan fingerprint density at radius 2 is 1.48 bits per heavy atom. The van der Waals surface area contributed by atoms with Crippen LogP contribution in [-0.4, -0.2) is 23.3 Å². The molecule has 158 valence electrons. The first-order valence-corrected chi connectivity index (χ1v) is 9.71. The lowest BCUT2D eigenvalue weighted by Crippen LogP contribution is -2.43. The van der Waals surface area contributed by atoms with E-state index in [1.807, 2.05) is 60.7 Å². The summed E-state index contributed by atoms with van der Waals surface area (Å²) in [6.45, 7) is 0.626. The van der Waals surface area contributed by atoms with Crippen molar-refractivity contribution in [1.29, 1.82) is 0 Å². The number of nitrogens with zero attached hydrogens (tertiary/aromatic N) is 2. The quantitative estimate of drug-likeness (QED) is 0.409. The van der Waals surface area contributed by atoms with E-state index in [9.17, 15) is 19.7 Å². The molecule has 0 saturated heterocycles. The minimum atomic E-state index is -0.528. The minimum absolute atomic E-state index is 0.0802. The second kappa shape index (κ2) is 10.5. The van der Waals surface area contributed by atoms with Gasteiger partial charge < -0.3 is 5.32 Å². The highest BCUT2D eigenvalue weighted by atomic mass is 16.6. The molecule has 0 aromatic heterocycles. The molecule has 0 radical (unpaired) electrons. The molecule has 0 aliphatic heterocycles. The van der Waals surface area contributed by atoms with Crippen molar-refractivity contribution in [3.63, 3.8) is 0 Å². The number of hydrazine groups is 1. The number of hydrogen-bond donors (Lipinski definition) is 2. The molecule has 0 heterocycles. The van der Waals surface area contributed by atoms with E-state index in [-0.39, 0.29) is 24.6 Å². The monoisotopic (exact) mass is 418 g/mol. The number of carbonyl (C=O) groups excluding carboxylic acids is 2. The summed E-state index contributed by atoms with van der Waals surface area (Å²) < 4.78 is 0. The molecule has 3 rings (SSSR count). The molecule has 0 unspecified atom stereocenters. The number of nitro benzene ring substituents is 1. The number of rotatable bonds is 9. The number of non-ortho nitro benzene ring substituents is 1. The third-order valence-corrected chi connectivity index (χ3v) is 4.49. The Labute approximate surface area is 179 Å². The molecule has 0 saturated carbocycles. The van der Waals surface area contributed by atoms with Crippen LogP contribution in [0.15, 0.2) is 84.9 Å². The van der Waals surface area contributed by atoms with Crippen molar-refractivity contribution in [3.8, 4) is 0 Å². The van der Waals surface area contributed by atoms with E-state index < -0.39 is 10.8 Å². The number of carbonyl (C=O) groups is 2. The Hall–Kier alpha value is -4.20. The number of hydrogen-bond acceptors (Lipinski definition) is 5. The number of benzene rings is 3. The zero-order valence-corrected chi connectivity index (χ0v) is 16.7. The van der Waals surface area contributed by atoms with Crippen LogP contribution < -0.4 is 15.8 Å². The molecule has 0 aliphatic carbocycles. The third-order valence-electron chi connectivity index (χ3n) is 4.49. The van der Waals surface area contributed by atoms with E-state index in [4.69, 9.17) is 0 Å². The molecule has 0 spiro atoms. The van der Waals surface area contributed by atoms with Crippen LogP contribution in [0.3, 0.4) is 0 Å². The lowest BCUT2D eigenvalue weighted by atomic mass is 10.2. The predicted octanol–water partition coefficient (Wildman–Crippen LogP) is 3.45. The summed E-state index contributed by atoms with van der Waals surface area (Å²) in [4.78, 5) is 34.8. The summed E-state index contributed by atoms with van der Waals surface area (Å²) in [6.07, 6.45) is 0.0802. The number of nitrogens with one attached hydrogen (secondary N) is 2. The average Bonchev–Trinajstić information content (AvgIpc) is 2.80. The zero-order valence-electron chi connectivity index (χ0n) is 16.7. The lowest BCUT2D eigenvalue weighted by molar-refractivity contribution is -0.384. The van der Waals surface area contributed by atoms with Gasteiger partial charge in [0.25, 0.3) is 11.6 Å². The smallest absolute Gasteiger partial charge is 0.269 e. The van der Waals surface area contributed by atoms with Crippen molar-refractivity contribution in [2.24, 2.45) is 0 Å². The summed E-state index contributed by atoms with van der Waals surface area (Å²) in [7, 11) is 0. The standard InChI is InChI=1S/C23H22N4O4/c28-22(15-16-24-23(29)19-11-13-21(14-12-19)27(30)31)25-26(20-9-5-2-6-10-20)17-18-7-3-1-4-8-18/h1-14H,15-17H2,(H,24,29)(H,25,28). The molecule has 0 atom stereocenters. The highest BCUT2D eigenvalue weighted by Gasteiger charge is 2.13. The van der Waals surface area contributed by atoms with Crippen LogP contribution in [0.5, 0.6) is 0 Å². The fraction of sp³-hybridized carbons (Fsp3) is 0.130. The molecule has 2 amide bonds. The number of para-hydroxylation sites is 1. The van der Waals surface area contributed by atoms with Crippen molar-refractivity contribution in [1.82, 2.24) is 10.7 Å². The minimum Gasteiger partial charge on any atom is -0.352 e. The number of amides is 2. The summed E-state index contributed by atoms with van der Waals surface area (Å²) in [5.41, 5.74) is 4.97. The Kier molecular flexibility index (Phi) is 7.31. The van der Waals surface area contributed by atoms with Gasteiger partial charge in [-0.2, -0.15) is 0 Å². The van der Waals surface area contributed by atoms with E-state index >= 15 is 0 Å². The van der Waals surface area contributed by atoms with E-state index in [0.717, 1.165) is 11.3 Å². The number of nitro groups is 1. The number of anilines is 1. The predicted molar refractivity (Wildman–Crippen MR) is 117 cm³/mol. The molecular formula is C23H22N4O4. The molecule has 31 heavy (non-hydrogen) atoms. The first-order valence-electron chi connectivity index (χ1n) is 9.71. The Morgan fingerprint density at radius 1 is 0.871 bits per heavy atom. The van der Waals surface area contributed by atoms with Crippen LogP contribution in [0.25, 0.3) is 0 Å². The largest absolute Gasteiger partial charge is 0.352 e. The summed E-state index contributed by atoms with van der Waals surface area (Å²) in [5.74, 6) is -0.643. The van der Waals surface area contributed by atoms with Crippen LogP contribution in [0.2, 0.25) is 0 Å². The van der Waals surface area contributed by atoms with Gasteiger partial charge in [0.15, 0.2) is 0 Å². The van der Waals surface area contributed by atoms with Crippen molar-refractivity contribution in [3.05, 3.63) is 106 Å². The molecular weight excluding hydrogens is 396 g/mol. The molecule has 3 aromatic rings. The Morgan fingerprint density at radius 3 is 2.10 bits per heavy atom. The summed E-state index contributed by atoms with van der Waals surface area (Å²) in [6, 6.07) is 24.6. The SMILES string of the molecule is O=C(CCNC(=O)c1ccc([N+](=O)[O-])cc1)NN(Cc1ccccc1)c1ccccc1. The molecule has 0 aliphatic rings. The molecule has 2 N–H and O–H groups in total. The van der Waals surface area contributed by atoms with Crippen molar-refractivity contribution >= 4 is 23.2 Å². The van der Waals surface area contributed by atoms with Crippen LogP contribution in [0, 0.1) is 10.1 Å². The van der Waals surface area contributed by atoms with Gasteiger partial charge in [-0.3, -0.25) is 30.1 Å². The van der Waals surface area contributed by atoms with Crippen molar-refractivity contribution in [2.75, 3.05) is 11.6 Å². The van der Waals surface area contributed by atoms with E-state index in [1.165, 1.54) is 24.3 Å². The summed E-state index contributed by atoms with van der Waals surface area (Å²) >= 11 is 0. The van der Waals surface area contributed by atoms with Gasteiger partial charge in [-0.15, -0.1) is 0 Å². The lowest BCUT2D eigenvalue weighted by Gasteiger charge is -2.25. The van der Waals surface area contributed by atoms with Gasteiger partial charge >= 0.3 is 0 Å². The fourth-order valence-electron chi connectivity index (χ4n) is 2.90. The molecule has 8 nitrogen and oxygen atoms in total. The van der Waals surface area contributed by atoms with Gasteiger partial charge in [0.05, 0.1) is 17.2 Å². The highest BCUT2D eigenvalue weighted by molar-refractivity contribution is 5.94. The van der Waals surface area contributed by atoms with Gasteiger partial charge in [-0.05, 0) is 29.8 Å². The van der Waals surface area contributed by atoms with Crippen LogP contribution in [0.1, 0.15) is 22.3 Å². The fourth-order valence-corrected chi connectivity index (χ4v) is 2.90. The van der Waals surface area contributed by atoms with Crippen LogP contribution in [0.4, 0.5) is 11.4 Å². The third kappa shape index (κ3) is 6.40. The van der Waals surface area contributed by atoms with Gasteiger partial charge in [0.2, 0.25) is 5.91 Å². The van der Waals surface area contributed by atoms with Gasteiger partial charge in [-0.25, -0.2) is 0 Å². The zero-order chi connectivity index (χ0) is 22.1. The van der Waals surface area contributed by atoms with Gasteiger partial charge in [-0.1, -0.05) is 48.5 Å².